The van der Waals surface area contributed by atoms with E-state index in [0.29, 0.717) is 27.3 Å². The molecule has 0 aromatic heterocycles. The van der Waals surface area contributed by atoms with Crippen molar-refractivity contribution < 1.29 is 13.2 Å². The summed E-state index contributed by atoms with van der Waals surface area (Å²) in [4.78, 5) is 18.1. The van der Waals surface area contributed by atoms with Gasteiger partial charge in [0, 0.05) is 11.7 Å². The maximum absolute atomic E-state index is 12.1. The van der Waals surface area contributed by atoms with Crippen molar-refractivity contribution in [1.82, 2.24) is 0 Å². The van der Waals surface area contributed by atoms with E-state index in [-0.39, 0.29) is 28.7 Å². The Morgan fingerprint density at radius 1 is 1.32 bits per heavy atom. The smallest absolute Gasteiger partial charge is 0.248 e. The number of halogens is 2. The molecule has 0 unspecified atom stereocenters. The molecule has 25 heavy (non-hydrogen) atoms. The van der Waals surface area contributed by atoms with Crippen LogP contribution in [0.2, 0.25) is 10.0 Å². The van der Waals surface area contributed by atoms with E-state index >= 15 is 0 Å². The van der Waals surface area contributed by atoms with Crippen LogP contribution in [0.1, 0.15) is 26.2 Å². The zero-order valence-electron chi connectivity index (χ0n) is 13.6. The molecular weight excluding hydrogens is 403 g/mol. The SMILES string of the molecule is CCCCC(=O)N=C1S[C@H]2CS(=O)(=O)C[C@H]2N1c1c(Cl)cccc1Cl. The second kappa shape index (κ2) is 7.47. The summed E-state index contributed by atoms with van der Waals surface area (Å²) >= 11 is 14.0. The van der Waals surface area contributed by atoms with Gasteiger partial charge in [-0.2, -0.15) is 4.99 Å². The lowest BCUT2D eigenvalue weighted by Gasteiger charge is -2.26. The summed E-state index contributed by atoms with van der Waals surface area (Å²) in [6.45, 7) is 2.01. The summed E-state index contributed by atoms with van der Waals surface area (Å²) in [5.74, 6) is -0.127. The minimum atomic E-state index is -3.13. The van der Waals surface area contributed by atoms with Crippen LogP contribution < -0.4 is 4.90 Å². The van der Waals surface area contributed by atoms with Crippen molar-refractivity contribution in [3.8, 4) is 0 Å². The zero-order chi connectivity index (χ0) is 18.2. The van der Waals surface area contributed by atoms with E-state index in [1.54, 1.807) is 23.1 Å². The molecule has 0 spiro atoms. The van der Waals surface area contributed by atoms with Crippen LogP contribution >= 0.6 is 35.0 Å². The highest BCUT2D eigenvalue weighted by Crippen LogP contribution is 2.45. The van der Waals surface area contributed by atoms with E-state index in [1.807, 2.05) is 6.92 Å². The van der Waals surface area contributed by atoms with Crippen LogP contribution in [0.5, 0.6) is 0 Å². The molecule has 0 radical (unpaired) electrons. The molecule has 2 fully saturated rings. The number of para-hydroxylation sites is 1. The average Bonchev–Trinajstić information content (AvgIpc) is 2.97. The molecule has 0 N–H and O–H groups in total. The third kappa shape index (κ3) is 3.99. The Bertz CT molecular complexity index is 806. The fourth-order valence-corrected chi connectivity index (χ4v) is 7.53. The Hall–Kier alpha value is -0.760. The monoisotopic (exact) mass is 420 g/mol. The molecular formula is C16H18Cl2N2O3S2. The number of thioether (sulfide) groups is 1. The van der Waals surface area contributed by atoms with Gasteiger partial charge in [0.15, 0.2) is 15.0 Å². The molecule has 1 amide bonds. The van der Waals surface area contributed by atoms with Gasteiger partial charge in [0.25, 0.3) is 0 Å². The second-order valence-electron chi connectivity index (χ2n) is 6.13. The van der Waals surface area contributed by atoms with E-state index in [1.165, 1.54) is 11.8 Å². The largest absolute Gasteiger partial charge is 0.313 e. The Balaban J connectivity index is 2.01. The number of benzene rings is 1. The third-order valence-corrected chi connectivity index (χ3v) is 8.03. The fraction of sp³-hybridized carbons (Fsp3) is 0.500. The Morgan fingerprint density at radius 2 is 2.00 bits per heavy atom. The van der Waals surface area contributed by atoms with Gasteiger partial charge < -0.3 is 4.90 Å². The molecule has 2 atom stereocenters. The van der Waals surface area contributed by atoms with E-state index < -0.39 is 9.84 Å². The van der Waals surface area contributed by atoms with Gasteiger partial charge in [-0.1, -0.05) is 54.4 Å². The molecule has 0 aliphatic carbocycles. The minimum absolute atomic E-state index is 0.00832. The molecule has 0 bridgehead atoms. The molecule has 1 aromatic rings. The minimum Gasteiger partial charge on any atom is -0.313 e. The number of anilines is 1. The lowest BCUT2D eigenvalue weighted by atomic mass is 10.2. The first-order chi connectivity index (χ1) is 11.8. The number of rotatable bonds is 4. The van der Waals surface area contributed by atoms with Gasteiger partial charge in [-0.3, -0.25) is 4.79 Å². The molecule has 2 heterocycles. The van der Waals surface area contributed by atoms with E-state index in [0.717, 1.165) is 12.8 Å². The number of fused-ring (bicyclic) bond motifs is 1. The van der Waals surface area contributed by atoms with Gasteiger partial charge >= 0.3 is 0 Å². The predicted octanol–water partition coefficient (Wildman–Crippen LogP) is 3.79. The van der Waals surface area contributed by atoms with Crippen LogP contribution in [0.25, 0.3) is 0 Å². The Kier molecular flexibility index (Phi) is 5.68. The first kappa shape index (κ1) is 19.0. The fourth-order valence-electron chi connectivity index (χ4n) is 3.04. The van der Waals surface area contributed by atoms with E-state index in [4.69, 9.17) is 23.2 Å². The van der Waals surface area contributed by atoms with E-state index in [2.05, 4.69) is 4.99 Å². The number of nitrogens with zero attached hydrogens (tertiary/aromatic N) is 2. The first-order valence-corrected chi connectivity index (χ1v) is 11.5. The molecule has 2 saturated heterocycles. The van der Waals surface area contributed by atoms with E-state index in [9.17, 15) is 13.2 Å². The highest BCUT2D eigenvalue weighted by Gasteiger charge is 2.50. The lowest BCUT2D eigenvalue weighted by Crippen LogP contribution is -2.38. The summed E-state index contributed by atoms with van der Waals surface area (Å²) in [7, 11) is -3.13. The number of hydrogen-bond donors (Lipinski definition) is 0. The maximum Gasteiger partial charge on any atom is 0.248 e. The van der Waals surface area contributed by atoms with Crippen molar-refractivity contribution in [3.05, 3.63) is 28.2 Å². The molecule has 2 aliphatic rings. The van der Waals surface area contributed by atoms with Crippen molar-refractivity contribution in [3.63, 3.8) is 0 Å². The number of carbonyl (C=O) groups excluding carboxylic acids is 1. The molecule has 0 saturated carbocycles. The van der Waals surface area contributed by atoms with Crippen LogP contribution in [0.3, 0.4) is 0 Å². The van der Waals surface area contributed by atoms with Crippen LogP contribution in [0.15, 0.2) is 23.2 Å². The molecule has 2 aliphatic heterocycles. The highest BCUT2D eigenvalue weighted by atomic mass is 35.5. The van der Waals surface area contributed by atoms with Gasteiger partial charge in [0.2, 0.25) is 5.91 Å². The molecule has 3 rings (SSSR count). The summed E-state index contributed by atoms with van der Waals surface area (Å²) in [5.41, 5.74) is 0.518. The molecule has 9 heteroatoms. The van der Waals surface area contributed by atoms with Crippen LogP contribution in [0.4, 0.5) is 5.69 Å². The quantitative estimate of drug-likeness (QED) is 0.740. The molecule has 136 valence electrons. The van der Waals surface area contributed by atoms with Crippen molar-refractivity contribution in [2.75, 3.05) is 16.4 Å². The number of carbonyl (C=O) groups is 1. The van der Waals surface area contributed by atoms with Crippen molar-refractivity contribution >= 4 is 61.6 Å². The van der Waals surface area contributed by atoms with Gasteiger partial charge in [-0.05, 0) is 18.6 Å². The number of unbranched alkanes of at least 4 members (excludes halogenated alkanes) is 1. The van der Waals surface area contributed by atoms with Crippen molar-refractivity contribution in [1.29, 1.82) is 0 Å². The zero-order valence-corrected chi connectivity index (χ0v) is 16.8. The van der Waals surface area contributed by atoms with Gasteiger partial charge in [0.1, 0.15) is 0 Å². The van der Waals surface area contributed by atoms with Crippen LogP contribution in [-0.2, 0) is 14.6 Å². The van der Waals surface area contributed by atoms with Crippen molar-refractivity contribution in [2.45, 2.75) is 37.5 Å². The third-order valence-electron chi connectivity index (χ3n) is 4.21. The topological polar surface area (TPSA) is 66.8 Å². The summed E-state index contributed by atoms with van der Waals surface area (Å²) in [6, 6.07) is 4.80. The van der Waals surface area contributed by atoms with Gasteiger partial charge in [0.05, 0.1) is 33.3 Å². The molecule has 1 aromatic carbocycles. The molecule has 5 nitrogen and oxygen atoms in total. The first-order valence-electron chi connectivity index (χ1n) is 8.04. The Labute approximate surface area is 161 Å². The van der Waals surface area contributed by atoms with Gasteiger partial charge in [-0.15, -0.1) is 0 Å². The van der Waals surface area contributed by atoms with Crippen molar-refractivity contribution in [2.24, 2.45) is 4.99 Å². The van der Waals surface area contributed by atoms with Crippen LogP contribution in [0, 0.1) is 0 Å². The average molecular weight is 421 g/mol. The summed E-state index contributed by atoms with van der Waals surface area (Å²) in [5, 5.41) is 1.13. The number of sulfone groups is 1. The summed E-state index contributed by atoms with van der Waals surface area (Å²) in [6.07, 6.45) is 2.06. The van der Waals surface area contributed by atoms with Crippen LogP contribution in [-0.4, -0.2) is 42.3 Å². The predicted molar refractivity (Wildman–Crippen MR) is 105 cm³/mol. The lowest BCUT2D eigenvalue weighted by molar-refractivity contribution is -0.117. The number of amidine groups is 1. The number of hydrogen-bond acceptors (Lipinski definition) is 4. The number of aliphatic imine (C=N–C) groups is 1. The highest BCUT2D eigenvalue weighted by molar-refractivity contribution is 8.16. The maximum atomic E-state index is 12.1. The summed E-state index contributed by atoms with van der Waals surface area (Å²) < 4.78 is 24.1. The second-order valence-corrected chi connectivity index (χ2v) is 10.3. The number of amides is 1. The standard InChI is InChI=1S/C16H18Cl2N2O3S2/c1-2-3-7-14(21)19-16-20(15-10(17)5-4-6-11(15)18)12-8-25(22,23)9-13(12)24-16/h4-6,12-13H,2-3,7-9H2,1H3/t12-,13+/m1/s1. The normalized spacial score (nSPS) is 26.2. The van der Waals surface area contributed by atoms with Gasteiger partial charge in [-0.25, -0.2) is 8.42 Å². The Morgan fingerprint density at radius 3 is 2.64 bits per heavy atom.